The molecule has 0 saturated heterocycles. The van der Waals surface area contributed by atoms with Crippen molar-refractivity contribution in [3.63, 3.8) is 0 Å². The molecule has 3 aromatic rings. The summed E-state index contributed by atoms with van der Waals surface area (Å²) in [6.45, 7) is 4.05. The summed E-state index contributed by atoms with van der Waals surface area (Å²) in [6, 6.07) is 20.5. The van der Waals surface area contributed by atoms with Gasteiger partial charge >= 0.3 is 0 Å². The lowest BCUT2D eigenvalue weighted by Crippen LogP contribution is -2.44. The monoisotopic (exact) mass is 413 g/mol. The van der Waals surface area contributed by atoms with Crippen molar-refractivity contribution in [2.75, 3.05) is 4.90 Å². The standard InChI is InChI=1S/C27H24FNO2/c1-27(2)15-23-26(24(30)16-27)20(19-12-11-17-7-3-4-8-18(17)13-19)14-25(31)29(23)22-10-6-5-9-21(22)28/h3-13,20H,14-16H2,1-2H3. The third-order valence-electron chi connectivity index (χ3n) is 6.41. The molecule has 0 saturated carbocycles. The van der Waals surface area contributed by atoms with Gasteiger partial charge in [0.15, 0.2) is 5.78 Å². The highest BCUT2D eigenvalue weighted by atomic mass is 19.1. The van der Waals surface area contributed by atoms with E-state index in [-0.39, 0.29) is 35.1 Å². The van der Waals surface area contributed by atoms with Crippen molar-refractivity contribution in [3.8, 4) is 0 Å². The van der Waals surface area contributed by atoms with Crippen LogP contribution in [-0.4, -0.2) is 11.7 Å². The second kappa shape index (κ2) is 7.16. The molecular weight excluding hydrogens is 389 g/mol. The molecule has 5 rings (SSSR count). The molecular formula is C27H24FNO2. The predicted octanol–water partition coefficient (Wildman–Crippen LogP) is 6.14. The van der Waals surface area contributed by atoms with Crippen LogP contribution in [-0.2, 0) is 9.59 Å². The molecule has 0 aromatic heterocycles. The zero-order chi connectivity index (χ0) is 21.8. The van der Waals surface area contributed by atoms with E-state index in [1.807, 2.05) is 50.2 Å². The number of carbonyl (C=O) groups is 2. The summed E-state index contributed by atoms with van der Waals surface area (Å²) >= 11 is 0. The van der Waals surface area contributed by atoms with Crippen LogP contribution in [0.2, 0.25) is 0 Å². The smallest absolute Gasteiger partial charge is 0.232 e. The van der Waals surface area contributed by atoms with Crippen molar-refractivity contribution < 1.29 is 14.0 Å². The van der Waals surface area contributed by atoms with Gasteiger partial charge in [0.1, 0.15) is 5.82 Å². The Morgan fingerprint density at radius 3 is 2.39 bits per heavy atom. The molecule has 2 aliphatic rings. The third-order valence-corrected chi connectivity index (χ3v) is 6.41. The number of Topliss-reactive ketones (excluding diaryl/α,β-unsaturated/α-hetero) is 1. The Labute approximate surface area is 181 Å². The van der Waals surface area contributed by atoms with Gasteiger partial charge < -0.3 is 0 Å². The average molecular weight is 413 g/mol. The largest absolute Gasteiger partial charge is 0.294 e. The summed E-state index contributed by atoms with van der Waals surface area (Å²) in [4.78, 5) is 28.2. The van der Waals surface area contributed by atoms with Crippen LogP contribution in [0.1, 0.15) is 44.6 Å². The van der Waals surface area contributed by atoms with Gasteiger partial charge in [-0.15, -0.1) is 0 Å². The minimum Gasteiger partial charge on any atom is -0.294 e. The van der Waals surface area contributed by atoms with E-state index in [0.29, 0.717) is 24.1 Å². The highest BCUT2D eigenvalue weighted by molar-refractivity contribution is 6.08. The van der Waals surface area contributed by atoms with E-state index in [0.717, 1.165) is 16.3 Å². The Morgan fingerprint density at radius 1 is 0.903 bits per heavy atom. The fourth-order valence-corrected chi connectivity index (χ4v) is 5.04. The van der Waals surface area contributed by atoms with Gasteiger partial charge in [0.25, 0.3) is 0 Å². The van der Waals surface area contributed by atoms with Crippen molar-refractivity contribution in [1.29, 1.82) is 0 Å². The van der Waals surface area contributed by atoms with Gasteiger partial charge in [-0.1, -0.05) is 68.4 Å². The second-order valence-corrected chi connectivity index (χ2v) is 9.35. The van der Waals surface area contributed by atoms with Gasteiger partial charge in [0.05, 0.1) is 5.69 Å². The summed E-state index contributed by atoms with van der Waals surface area (Å²) in [7, 11) is 0. The number of ketones is 1. The van der Waals surface area contributed by atoms with Crippen molar-refractivity contribution in [2.24, 2.45) is 5.41 Å². The molecule has 3 aromatic carbocycles. The summed E-state index contributed by atoms with van der Waals surface area (Å²) in [6.07, 6.45) is 1.13. The van der Waals surface area contributed by atoms with Crippen molar-refractivity contribution in [3.05, 3.63) is 89.4 Å². The second-order valence-electron chi connectivity index (χ2n) is 9.35. The number of hydrogen-bond donors (Lipinski definition) is 0. The normalized spacial score (nSPS) is 20.9. The Bertz CT molecular complexity index is 1260. The van der Waals surface area contributed by atoms with E-state index in [2.05, 4.69) is 6.07 Å². The Balaban J connectivity index is 1.70. The quantitative estimate of drug-likeness (QED) is 0.506. The van der Waals surface area contributed by atoms with E-state index in [1.165, 1.54) is 11.0 Å². The van der Waals surface area contributed by atoms with E-state index < -0.39 is 5.82 Å². The molecule has 0 radical (unpaired) electrons. The summed E-state index contributed by atoms with van der Waals surface area (Å²) in [5.41, 5.74) is 2.21. The van der Waals surface area contributed by atoms with Gasteiger partial charge in [-0.25, -0.2) is 4.39 Å². The fourth-order valence-electron chi connectivity index (χ4n) is 5.04. The van der Waals surface area contributed by atoms with Crippen LogP contribution in [0.4, 0.5) is 10.1 Å². The predicted molar refractivity (Wildman–Crippen MR) is 120 cm³/mol. The van der Waals surface area contributed by atoms with Crippen LogP contribution in [0.3, 0.4) is 0 Å². The number of allylic oxidation sites excluding steroid dienone is 2. The summed E-state index contributed by atoms with van der Waals surface area (Å²) in [5.74, 6) is -0.882. The first kappa shape index (κ1) is 19.7. The van der Waals surface area contributed by atoms with E-state index >= 15 is 0 Å². The maximum absolute atomic E-state index is 14.7. The highest BCUT2D eigenvalue weighted by Crippen LogP contribution is 2.48. The van der Waals surface area contributed by atoms with Gasteiger partial charge in [-0.2, -0.15) is 0 Å². The Morgan fingerprint density at radius 2 is 1.61 bits per heavy atom. The molecule has 156 valence electrons. The van der Waals surface area contributed by atoms with Gasteiger partial charge in [-0.3, -0.25) is 14.5 Å². The first-order valence-electron chi connectivity index (χ1n) is 10.7. The lowest BCUT2D eigenvalue weighted by atomic mass is 9.69. The number of anilines is 1. The average Bonchev–Trinajstić information content (AvgIpc) is 2.73. The molecule has 0 bridgehead atoms. The number of halogens is 1. The van der Waals surface area contributed by atoms with E-state index in [1.54, 1.807) is 18.2 Å². The molecule has 0 spiro atoms. The molecule has 4 heteroatoms. The number of hydrogen-bond acceptors (Lipinski definition) is 2. The molecule has 1 amide bonds. The maximum atomic E-state index is 14.7. The van der Waals surface area contributed by atoms with E-state index in [4.69, 9.17) is 0 Å². The number of fused-ring (bicyclic) bond motifs is 1. The number of nitrogens with zero attached hydrogens (tertiary/aromatic N) is 1. The number of benzene rings is 3. The van der Waals surface area contributed by atoms with Crippen molar-refractivity contribution >= 4 is 28.2 Å². The van der Waals surface area contributed by atoms with Crippen molar-refractivity contribution in [1.82, 2.24) is 0 Å². The minimum atomic E-state index is -0.456. The lowest BCUT2D eigenvalue weighted by molar-refractivity contribution is -0.121. The first-order valence-corrected chi connectivity index (χ1v) is 10.7. The number of para-hydroxylation sites is 1. The van der Waals surface area contributed by atoms with Crippen molar-refractivity contribution in [2.45, 2.75) is 39.0 Å². The highest BCUT2D eigenvalue weighted by Gasteiger charge is 2.44. The summed E-state index contributed by atoms with van der Waals surface area (Å²) in [5, 5.41) is 2.20. The van der Waals surface area contributed by atoms with Crippen LogP contribution in [0, 0.1) is 11.2 Å². The van der Waals surface area contributed by atoms with Crippen LogP contribution < -0.4 is 4.90 Å². The lowest BCUT2D eigenvalue weighted by Gasteiger charge is -2.43. The number of carbonyl (C=O) groups excluding carboxylic acids is 2. The molecule has 1 atom stereocenters. The maximum Gasteiger partial charge on any atom is 0.232 e. The summed E-state index contributed by atoms with van der Waals surface area (Å²) < 4.78 is 14.7. The topological polar surface area (TPSA) is 37.4 Å². The molecule has 0 fully saturated rings. The molecule has 3 nitrogen and oxygen atoms in total. The van der Waals surface area contributed by atoms with Gasteiger partial charge in [0, 0.05) is 30.0 Å². The molecule has 1 aliphatic carbocycles. The van der Waals surface area contributed by atoms with E-state index in [9.17, 15) is 14.0 Å². The van der Waals surface area contributed by atoms with Crippen LogP contribution in [0.5, 0.6) is 0 Å². The number of amides is 1. The van der Waals surface area contributed by atoms with Crippen LogP contribution in [0.25, 0.3) is 10.8 Å². The third kappa shape index (κ3) is 3.36. The zero-order valence-electron chi connectivity index (χ0n) is 17.7. The SMILES string of the molecule is CC1(C)CC(=O)C2=C(C1)N(c1ccccc1F)C(=O)CC2c1ccc2ccccc2c1. The Kier molecular flexibility index (Phi) is 4.54. The van der Waals surface area contributed by atoms with Gasteiger partial charge in [0.2, 0.25) is 5.91 Å². The Hall–Kier alpha value is -3.27. The molecule has 1 heterocycles. The molecule has 31 heavy (non-hydrogen) atoms. The number of rotatable bonds is 2. The van der Waals surface area contributed by atoms with Gasteiger partial charge in [-0.05, 0) is 40.3 Å². The first-order chi connectivity index (χ1) is 14.8. The van der Waals surface area contributed by atoms with Crippen LogP contribution in [0.15, 0.2) is 78.0 Å². The zero-order valence-corrected chi connectivity index (χ0v) is 17.7. The van der Waals surface area contributed by atoms with Crippen LogP contribution >= 0.6 is 0 Å². The molecule has 0 N–H and O–H groups in total. The molecule has 1 aliphatic heterocycles. The minimum absolute atomic E-state index is 0.0539. The molecule has 1 unspecified atom stereocenters. The fraction of sp³-hybridized carbons (Fsp3) is 0.259.